The number of imidazole rings is 1. The highest BCUT2D eigenvalue weighted by atomic mass is 16.1. The van der Waals surface area contributed by atoms with E-state index in [-0.39, 0.29) is 5.91 Å². The molecule has 5 rings (SSSR count). The molecule has 1 amide bonds. The van der Waals surface area contributed by atoms with Gasteiger partial charge in [0, 0.05) is 25.2 Å². The van der Waals surface area contributed by atoms with Gasteiger partial charge in [-0.1, -0.05) is 44.2 Å². The highest BCUT2D eigenvalue weighted by Gasteiger charge is 2.22. The van der Waals surface area contributed by atoms with E-state index in [0.29, 0.717) is 18.0 Å². The van der Waals surface area contributed by atoms with Gasteiger partial charge in [-0.3, -0.25) is 4.79 Å². The molecule has 0 saturated carbocycles. The van der Waals surface area contributed by atoms with Gasteiger partial charge >= 0.3 is 0 Å². The molecule has 0 aliphatic carbocycles. The third kappa shape index (κ3) is 3.31. The van der Waals surface area contributed by atoms with E-state index >= 15 is 0 Å². The van der Waals surface area contributed by atoms with Gasteiger partial charge in [-0.05, 0) is 43.0 Å². The first-order valence-electron chi connectivity index (χ1n) is 10.4. The number of para-hydroxylation sites is 1. The molecule has 146 valence electrons. The predicted molar refractivity (Wildman–Crippen MR) is 114 cm³/mol. The van der Waals surface area contributed by atoms with Crippen LogP contribution in [0.1, 0.15) is 48.5 Å². The molecule has 0 radical (unpaired) electrons. The van der Waals surface area contributed by atoms with Gasteiger partial charge in [-0.25, -0.2) is 4.98 Å². The smallest absolute Gasteiger partial charge is 0.253 e. The van der Waals surface area contributed by atoms with Crippen molar-refractivity contribution in [3.8, 4) is 11.4 Å². The van der Waals surface area contributed by atoms with Crippen LogP contribution in [0.25, 0.3) is 22.4 Å². The van der Waals surface area contributed by atoms with Crippen LogP contribution in [0.2, 0.25) is 0 Å². The maximum absolute atomic E-state index is 12.3. The van der Waals surface area contributed by atoms with Gasteiger partial charge in [-0.2, -0.15) is 0 Å². The number of rotatable bonds is 2. The van der Waals surface area contributed by atoms with E-state index in [9.17, 15) is 4.79 Å². The SMILES string of the molecule is CC.O=C1NCCn2c(-c3ccc(C4CCCNC4)cc3)nc3cccc1c32. The Kier molecular flexibility index (Phi) is 5.44. The number of aromatic nitrogens is 2. The molecule has 5 heteroatoms. The lowest BCUT2D eigenvalue weighted by Crippen LogP contribution is -2.28. The average molecular weight is 377 g/mol. The number of hydrogen-bond donors (Lipinski definition) is 2. The third-order valence-corrected chi connectivity index (χ3v) is 5.57. The summed E-state index contributed by atoms with van der Waals surface area (Å²) in [6.45, 7) is 7.56. The van der Waals surface area contributed by atoms with Crippen LogP contribution in [0.3, 0.4) is 0 Å². The Balaban J connectivity index is 0.000000932. The standard InChI is InChI=1S/C21H22N4O.C2H6/c26-21-17-4-1-5-18-19(17)25(12-11-23-21)20(24-18)15-8-6-14(7-9-15)16-3-2-10-22-13-16;1-2/h1,4-9,16,22H,2-3,10-13H2,(H,23,26);1-2H3. The molecule has 1 unspecified atom stereocenters. The van der Waals surface area contributed by atoms with Crippen molar-refractivity contribution in [2.45, 2.75) is 39.2 Å². The molecule has 3 aromatic rings. The highest BCUT2D eigenvalue weighted by molar-refractivity contribution is 6.06. The van der Waals surface area contributed by atoms with Crippen molar-refractivity contribution in [1.29, 1.82) is 0 Å². The Bertz CT molecular complexity index is 968. The normalized spacial score (nSPS) is 18.8. The van der Waals surface area contributed by atoms with E-state index in [1.807, 2.05) is 32.0 Å². The molecule has 5 nitrogen and oxygen atoms in total. The molecule has 1 aromatic heterocycles. The van der Waals surface area contributed by atoms with Gasteiger partial charge in [-0.15, -0.1) is 0 Å². The maximum Gasteiger partial charge on any atom is 0.253 e. The van der Waals surface area contributed by atoms with Crippen molar-refractivity contribution in [1.82, 2.24) is 20.2 Å². The van der Waals surface area contributed by atoms with E-state index in [0.717, 1.165) is 42.1 Å². The number of nitrogens with zero attached hydrogens (tertiary/aromatic N) is 2. The highest BCUT2D eigenvalue weighted by Crippen LogP contribution is 2.30. The molecule has 3 heterocycles. The number of carbonyl (C=O) groups excluding carboxylic acids is 1. The lowest BCUT2D eigenvalue weighted by atomic mass is 9.91. The Morgan fingerprint density at radius 3 is 2.64 bits per heavy atom. The second kappa shape index (κ2) is 8.15. The predicted octanol–water partition coefficient (Wildman–Crippen LogP) is 3.94. The first-order chi connectivity index (χ1) is 13.8. The monoisotopic (exact) mass is 376 g/mol. The fourth-order valence-electron chi connectivity index (χ4n) is 4.22. The van der Waals surface area contributed by atoms with Crippen molar-refractivity contribution in [2.24, 2.45) is 0 Å². The Hall–Kier alpha value is -2.66. The van der Waals surface area contributed by atoms with Gasteiger partial charge < -0.3 is 15.2 Å². The zero-order valence-corrected chi connectivity index (χ0v) is 16.7. The fraction of sp³-hybridized carbons (Fsp3) is 0.391. The third-order valence-electron chi connectivity index (χ3n) is 5.57. The lowest BCUT2D eigenvalue weighted by molar-refractivity contribution is 0.0956. The second-order valence-corrected chi connectivity index (χ2v) is 7.18. The summed E-state index contributed by atoms with van der Waals surface area (Å²) in [5, 5.41) is 6.46. The molecular formula is C23H28N4O. The fourth-order valence-corrected chi connectivity index (χ4v) is 4.22. The first-order valence-corrected chi connectivity index (χ1v) is 10.4. The maximum atomic E-state index is 12.3. The zero-order chi connectivity index (χ0) is 19.5. The van der Waals surface area contributed by atoms with E-state index < -0.39 is 0 Å². The summed E-state index contributed by atoms with van der Waals surface area (Å²) < 4.78 is 2.18. The molecular weight excluding hydrogens is 348 g/mol. The summed E-state index contributed by atoms with van der Waals surface area (Å²) in [5.74, 6) is 1.53. The van der Waals surface area contributed by atoms with Crippen LogP contribution in [0.15, 0.2) is 42.5 Å². The Labute approximate surface area is 166 Å². The number of amides is 1. The average Bonchev–Trinajstić information content (AvgIpc) is 3.05. The summed E-state index contributed by atoms with van der Waals surface area (Å²) in [5.41, 5.74) is 5.04. The van der Waals surface area contributed by atoms with Crippen LogP contribution in [0.5, 0.6) is 0 Å². The van der Waals surface area contributed by atoms with Crippen LogP contribution >= 0.6 is 0 Å². The van der Waals surface area contributed by atoms with Crippen molar-refractivity contribution in [3.05, 3.63) is 53.6 Å². The van der Waals surface area contributed by atoms with Gasteiger partial charge in [0.05, 0.1) is 16.6 Å². The zero-order valence-electron chi connectivity index (χ0n) is 16.7. The molecule has 0 bridgehead atoms. The van der Waals surface area contributed by atoms with Crippen LogP contribution in [-0.4, -0.2) is 35.1 Å². The summed E-state index contributed by atoms with van der Waals surface area (Å²) >= 11 is 0. The van der Waals surface area contributed by atoms with Crippen molar-refractivity contribution < 1.29 is 4.79 Å². The minimum absolute atomic E-state index is 0.0130. The molecule has 1 saturated heterocycles. The molecule has 2 aromatic carbocycles. The summed E-state index contributed by atoms with van der Waals surface area (Å²) in [6.07, 6.45) is 2.49. The first kappa shape index (κ1) is 18.7. The number of carbonyl (C=O) groups is 1. The summed E-state index contributed by atoms with van der Waals surface area (Å²) in [7, 11) is 0. The molecule has 28 heavy (non-hydrogen) atoms. The minimum atomic E-state index is -0.0130. The second-order valence-electron chi connectivity index (χ2n) is 7.18. The van der Waals surface area contributed by atoms with Gasteiger partial charge in [0.1, 0.15) is 5.82 Å². The number of hydrogen-bond acceptors (Lipinski definition) is 3. The Morgan fingerprint density at radius 2 is 1.89 bits per heavy atom. The largest absolute Gasteiger partial charge is 0.350 e. The minimum Gasteiger partial charge on any atom is -0.350 e. The topological polar surface area (TPSA) is 59.0 Å². The van der Waals surface area contributed by atoms with Crippen LogP contribution in [-0.2, 0) is 6.54 Å². The van der Waals surface area contributed by atoms with Crippen LogP contribution in [0.4, 0.5) is 0 Å². The molecule has 2 aliphatic heterocycles. The summed E-state index contributed by atoms with van der Waals surface area (Å²) in [6, 6.07) is 14.6. The molecule has 1 atom stereocenters. The molecule has 2 N–H and O–H groups in total. The lowest BCUT2D eigenvalue weighted by Gasteiger charge is -2.23. The van der Waals surface area contributed by atoms with E-state index in [1.54, 1.807) is 0 Å². The number of nitrogens with one attached hydrogen (secondary N) is 2. The van der Waals surface area contributed by atoms with E-state index in [4.69, 9.17) is 4.98 Å². The quantitative estimate of drug-likeness (QED) is 0.712. The molecule has 1 fully saturated rings. The van der Waals surface area contributed by atoms with Gasteiger partial charge in [0.2, 0.25) is 0 Å². The van der Waals surface area contributed by atoms with Crippen LogP contribution < -0.4 is 10.6 Å². The van der Waals surface area contributed by atoms with Gasteiger partial charge in [0.15, 0.2) is 0 Å². The molecule has 2 aliphatic rings. The summed E-state index contributed by atoms with van der Waals surface area (Å²) in [4.78, 5) is 17.1. The van der Waals surface area contributed by atoms with Crippen molar-refractivity contribution in [2.75, 3.05) is 19.6 Å². The number of piperidine rings is 1. The Morgan fingerprint density at radius 1 is 1.07 bits per heavy atom. The van der Waals surface area contributed by atoms with E-state index in [1.165, 1.54) is 18.4 Å². The number of benzene rings is 2. The molecule has 0 spiro atoms. The van der Waals surface area contributed by atoms with Crippen LogP contribution in [0, 0.1) is 0 Å². The van der Waals surface area contributed by atoms with Gasteiger partial charge in [0.25, 0.3) is 5.91 Å². The van der Waals surface area contributed by atoms with E-state index in [2.05, 4.69) is 39.5 Å². The van der Waals surface area contributed by atoms with Crippen molar-refractivity contribution in [3.63, 3.8) is 0 Å². The van der Waals surface area contributed by atoms with Crippen molar-refractivity contribution >= 4 is 16.9 Å².